The number of aliphatic carboxylic acids is 1. The number of aromatic nitrogens is 3. The van der Waals surface area contributed by atoms with Gasteiger partial charge >= 0.3 is 12.0 Å². The number of carboxylic acid groups (broad SMARTS) is 1. The number of hydrogen-bond donors (Lipinski definition) is 3. The molecule has 1 aromatic rings. The molecule has 0 aromatic carbocycles. The van der Waals surface area contributed by atoms with E-state index in [2.05, 4.69) is 20.9 Å². The molecule has 0 spiro atoms. The predicted octanol–water partition coefficient (Wildman–Crippen LogP) is -0.182. The molecule has 0 atom stereocenters. The van der Waals surface area contributed by atoms with Crippen LogP contribution in [0.25, 0.3) is 0 Å². The summed E-state index contributed by atoms with van der Waals surface area (Å²) in [5.74, 6) is -0.610. The second-order valence-corrected chi connectivity index (χ2v) is 4.26. The van der Waals surface area contributed by atoms with Crippen LogP contribution in [0.4, 0.5) is 4.79 Å². The molecule has 3 N–H and O–H groups in total. The summed E-state index contributed by atoms with van der Waals surface area (Å²) in [6, 6.07) is -0.281. The quantitative estimate of drug-likeness (QED) is 0.653. The Morgan fingerprint density at radius 2 is 2.17 bits per heavy atom. The first-order valence-electron chi connectivity index (χ1n) is 5.60. The fourth-order valence-corrected chi connectivity index (χ4v) is 1.17. The number of carbonyl (C=O) groups excluding carboxylic acids is 1. The Bertz CT molecular complexity index is 415. The van der Waals surface area contributed by atoms with E-state index in [1.807, 2.05) is 13.8 Å². The highest BCUT2D eigenvalue weighted by atomic mass is 16.4. The van der Waals surface area contributed by atoms with Gasteiger partial charge in [0.25, 0.3) is 0 Å². The van der Waals surface area contributed by atoms with Crippen molar-refractivity contribution < 1.29 is 14.7 Å². The zero-order valence-electron chi connectivity index (χ0n) is 10.4. The van der Waals surface area contributed by atoms with Gasteiger partial charge in [-0.1, -0.05) is 19.1 Å². The summed E-state index contributed by atoms with van der Waals surface area (Å²) in [7, 11) is 0. The first-order valence-corrected chi connectivity index (χ1v) is 5.60. The smallest absolute Gasteiger partial charge is 0.325 e. The molecule has 0 radical (unpaired) electrons. The minimum absolute atomic E-state index is 0.212. The highest BCUT2D eigenvalue weighted by molar-refractivity contribution is 5.73. The summed E-state index contributed by atoms with van der Waals surface area (Å²) in [4.78, 5) is 21.8. The number of hydrogen-bond acceptors (Lipinski definition) is 4. The molecular formula is C10H17N5O3. The fraction of sp³-hybridized carbons (Fsp3) is 0.600. The molecule has 1 heterocycles. The molecule has 100 valence electrons. The zero-order chi connectivity index (χ0) is 13.5. The van der Waals surface area contributed by atoms with E-state index in [-0.39, 0.29) is 19.1 Å². The largest absolute Gasteiger partial charge is 0.480 e. The topological polar surface area (TPSA) is 109 Å². The van der Waals surface area contributed by atoms with Crippen LogP contribution in [0.2, 0.25) is 0 Å². The van der Waals surface area contributed by atoms with Gasteiger partial charge in [-0.2, -0.15) is 0 Å². The van der Waals surface area contributed by atoms with E-state index in [0.717, 1.165) is 0 Å². The third-order valence-electron chi connectivity index (χ3n) is 1.98. The second-order valence-electron chi connectivity index (χ2n) is 4.26. The number of urea groups is 1. The highest BCUT2D eigenvalue weighted by Crippen LogP contribution is 1.93. The van der Waals surface area contributed by atoms with Gasteiger partial charge in [-0.05, 0) is 5.92 Å². The van der Waals surface area contributed by atoms with Crippen molar-refractivity contribution in [1.82, 2.24) is 25.6 Å². The molecule has 0 aliphatic carbocycles. The molecule has 0 saturated carbocycles. The van der Waals surface area contributed by atoms with Crippen LogP contribution in [0.5, 0.6) is 0 Å². The Kier molecular flexibility index (Phi) is 5.09. The number of nitrogens with zero attached hydrogens (tertiary/aromatic N) is 3. The summed E-state index contributed by atoms with van der Waals surface area (Å²) >= 11 is 0. The highest BCUT2D eigenvalue weighted by Gasteiger charge is 2.06. The van der Waals surface area contributed by atoms with E-state index in [4.69, 9.17) is 5.11 Å². The number of carboxylic acids is 1. The Morgan fingerprint density at radius 1 is 1.44 bits per heavy atom. The summed E-state index contributed by atoms with van der Waals surface area (Å²) in [5.41, 5.74) is 0.510. The summed E-state index contributed by atoms with van der Waals surface area (Å²) < 4.78 is 1.20. The summed E-state index contributed by atoms with van der Waals surface area (Å²) in [6.45, 7) is 4.56. The average Bonchev–Trinajstić information content (AvgIpc) is 2.70. The number of nitrogens with one attached hydrogen (secondary N) is 2. The molecule has 18 heavy (non-hydrogen) atoms. The van der Waals surface area contributed by atoms with E-state index in [9.17, 15) is 9.59 Å². The van der Waals surface area contributed by atoms with Crippen molar-refractivity contribution in [3.05, 3.63) is 11.9 Å². The van der Waals surface area contributed by atoms with Crippen LogP contribution in [-0.4, -0.2) is 38.6 Å². The average molecular weight is 255 g/mol. The Balaban J connectivity index is 2.32. The number of rotatable bonds is 6. The molecule has 0 unspecified atom stereocenters. The monoisotopic (exact) mass is 255 g/mol. The first kappa shape index (κ1) is 13.9. The molecule has 2 amide bonds. The van der Waals surface area contributed by atoms with Gasteiger partial charge in [0, 0.05) is 6.54 Å². The molecule has 8 heteroatoms. The first-order chi connectivity index (χ1) is 8.47. The minimum Gasteiger partial charge on any atom is -0.480 e. The van der Waals surface area contributed by atoms with Crippen LogP contribution in [0, 0.1) is 5.92 Å². The number of carbonyl (C=O) groups is 2. The lowest BCUT2D eigenvalue weighted by Gasteiger charge is -2.07. The SMILES string of the molecule is CC(C)CNC(=O)NCc1cn(CC(=O)O)nn1. The van der Waals surface area contributed by atoms with Gasteiger partial charge in [0.05, 0.1) is 12.7 Å². The number of amides is 2. The van der Waals surface area contributed by atoms with Gasteiger partial charge < -0.3 is 15.7 Å². The molecule has 0 saturated heterocycles. The van der Waals surface area contributed by atoms with Gasteiger partial charge in [0.15, 0.2) is 0 Å². The van der Waals surface area contributed by atoms with Gasteiger partial charge in [0.1, 0.15) is 12.2 Å². The second kappa shape index (κ2) is 6.58. The Morgan fingerprint density at radius 3 is 2.78 bits per heavy atom. The standard InChI is InChI=1S/C10H17N5O3/c1-7(2)3-11-10(18)12-4-8-5-15(14-13-8)6-9(16)17/h5,7H,3-4,6H2,1-2H3,(H,16,17)(H2,11,12,18). The zero-order valence-corrected chi connectivity index (χ0v) is 10.4. The van der Waals surface area contributed by atoms with E-state index in [1.54, 1.807) is 0 Å². The van der Waals surface area contributed by atoms with Crippen molar-refractivity contribution in [2.45, 2.75) is 26.9 Å². The normalized spacial score (nSPS) is 10.4. The maximum Gasteiger partial charge on any atom is 0.325 e. The van der Waals surface area contributed by atoms with Crippen LogP contribution in [0.15, 0.2) is 6.20 Å². The molecule has 0 fully saturated rings. The van der Waals surface area contributed by atoms with Crippen molar-refractivity contribution in [3.8, 4) is 0 Å². The van der Waals surface area contributed by atoms with E-state index >= 15 is 0 Å². The van der Waals surface area contributed by atoms with Crippen LogP contribution < -0.4 is 10.6 Å². The van der Waals surface area contributed by atoms with Crippen molar-refractivity contribution >= 4 is 12.0 Å². The molecule has 1 aromatic heterocycles. The van der Waals surface area contributed by atoms with Crippen molar-refractivity contribution in [1.29, 1.82) is 0 Å². The van der Waals surface area contributed by atoms with Crippen LogP contribution in [0.3, 0.4) is 0 Å². The molecule has 1 rings (SSSR count). The molecule has 0 bridgehead atoms. The lowest BCUT2D eigenvalue weighted by molar-refractivity contribution is -0.137. The van der Waals surface area contributed by atoms with E-state index in [0.29, 0.717) is 18.2 Å². The van der Waals surface area contributed by atoms with Crippen molar-refractivity contribution in [2.24, 2.45) is 5.92 Å². The maximum absolute atomic E-state index is 11.3. The Hall–Kier alpha value is -2.12. The van der Waals surface area contributed by atoms with Crippen LogP contribution in [-0.2, 0) is 17.9 Å². The predicted molar refractivity (Wildman–Crippen MR) is 62.7 cm³/mol. The molecular weight excluding hydrogens is 238 g/mol. The third-order valence-corrected chi connectivity index (χ3v) is 1.98. The van der Waals surface area contributed by atoms with Crippen molar-refractivity contribution in [3.63, 3.8) is 0 Å². The van der Waals surface area contributed by atoms with Gasteiger partial charge in [0.2, 0.25) is 0 Å². The lowest BCUT2D eigenvalue weighted by Crippen LogP contribution is -2.37. The van der Waals surface area contributed by atoms with Crippen LogP contribution >= 0.6 is 0 Å². The minimum atomic E-state index is -0.992. The van der Waals surface area contributed by atoms with E-state index < -0.39 is 5.97 Å². The molecule has 0 aliphatic rings. The summed E-state index contributed by atoms with van der Waals surface area (Å²) in [5, 5.41) is 21.2. The van der Waals surface area contributed by atoms with Gasteiger partial charge in [-0.15, -0.1) is 5.10 Å². The van der Waals surface area contributed by atoms with E-state index in [1.165, 1.54) is 10.9 Å². The Labute approximate surface area is 104 Å². The van der Waals surface area contributed by atoms with Gasteiger partial charge in [-0.25, -0.2) is 9.48 Å². The molecule has 8 nitrogen and oxygen atoms in total. The lowest BCUT2D eigenvalue weighted by atomic mass is 10.2. The maximum atomic E-state index is 11.3. The fourth-order valence-electron chi connectivity index (χ4n) is 1.17. The molecule has 0 aliphatic heterocycles. The third kappa shape index (κ3) is 5.28. The van der Waals surface area contributed by atoms with Gasteiger partial charge in [-0.3, -0.25) is 4.79 Å². The van der Waals surface area contributed by atoms with Crippen LogP contribution in [0.1, 0.15) is 19.5 Å². The summed E-state index contributed by atoms with van der Waals surface area (Å²) in [6.07, 6.45) is 1.48. The van der Waals surface area contributed by atoms with Crippen molar-refractivity contribution in [2.75, 3.05) is 6.54 Å².